The number of ketones is 2. The fraction of sp³-hybridized carbons (Fsp3) is 0.333. The minimum Gasteiger partial charge on any atom is -0.453 e. The predicted octanol–water partition coefficient (Wildman–Crippen LogP) is 3.00. The fourth-order valence-corrected chi connectivity index (χ4v) is 3.52. The standard InChI is InChI=1S/C21H22N2O5/c1-12-19(14(3)24)13(2)22-20(12)21(27)28-11-17(25)15-6-8-16(9-7-15)23-10-4-5-18(23)26/h6-9,22H,4-5,10-11H2,1-3H3. The summed E-state index contributed by atoms with van der Waals surface area (Å²) in [7, 11) is 0. The molecular formula is C21H22N2O5. The van der Waals surface area contributed by atoms with E-state index in [0.29, 0.717) is 35.3 Å². The molecule has 0 aliphatic carbocycles. The van der Waals surface area contributed by atoms with Gasteiger partial charge >= 0.3 is 5.97 Å². The summed E-state index contributed by atoms with van der Waals surface area (Å²) >= 11 is 0. The number of ether oxygens (including phenoxy) is 1. The molecule has 1 fully saturated rings. The number of H-pyrrole nitrogens is 1. The van der Waals surface area contributed by atoms with Crippen molar-refractivity contribution in [2.24, 2.45) is 0 Å². The number of aromatic nitrogens is 1. The average molecular weight is 382 g/mol. The number of aryl methyl sites for hydroxylation is 1. The summed E-state index contributed by atoms with van der Waals surface area (Å²) in [6, 6.07) is 6.68. The third-order valence-electron chi connectivity index (χ3n) is 4.90. The Morgan fingerprint density at radius 2 is 1.82 bits per heavy atom. The molecule has 0 saturated carbocycles. The molecule has 1 saturated heterocycles. The predicted molar refractivity (Wildman–Crippen MR) is 103 cm³/mol. The summed E-state index contributed by atoms with van der Waals surface area (Å²) < 4.78 is 5.12. The largest absolute Gasteiger partial charge is 0.453 e. The first-order valence-corrected chi connectivity index (χ1v) is 9.10. The Labute approximate surface area is 162 Å². The van der Waals surface area contributed by atoms with Gasteiger partial charge in [-0.15, -0.1) is 0 Å². The number of nitrogens with one attached hydrogen (secondary N) is 1. The van der Waals surface area contributed by atoms with Crippen LogP contribution in [-0.2, 0) is 9.53 Å². The number of anilines is 1. The van der Waals surface area contributed by atoms with Crippen LogP contribution < -0.4 is 4.90 Å². The van der Waals surface area contributed by atoms with E-state index < -0.39 is 12.6 Å². The average Bonchev–Trinajstić information content (AvgIpc) is 3.22. The topological polar surface area (TPSA) is 96.5 Å². The molecule has 7 heteroatoms. The zero-order valence-electron chi connectivity index (χ0n) is 16.1. The molecule has 7 nitrogen and oxygen atoms in total. The van der Waals surface area contributed by atoms with E-state index in [2.05, 4.69) is 4.98 Å². The molecule has 0 radical (unpaired) electrons. The Morgan fingerprint density at radius 3 is 2.36 bits per heavy atom. The van der Waals surface area contributed by atoms with Crippen LogP contribution in [0.1, 0.15) is 62.2 Å². The molecule has 0 unspecified atom stereocenters. The van der Waals surface area contributed by atoms with Crippen LogP contribution >= 0.6 is 0 Å². The zero-order chi connectivity index (χ0) is 20.4. The smallest absolute Gasteiger partial charge is 0.355 e. The second kappa shape index (κ2) is 7.80. The Bertz CT molecular complexity index is 956. The minimum absolute atomic E-state index is 0.0783. The number of carbonyl (C=O) groups is 4. The number of rotatable bonds is 6. The molecule has 1 amide bonds. The Morgan fingerprint density at radius 1 is 1.14 bits per heavy atom. The Balaban J connectivity index is 1.64. The van der Waals surface area contributed by atoms with E-state index in [9.17, 15) is 19.2 Å². The van der Waals surface area contributed by atoms with E-state index in [4.69, 9.17) is 4.74 Å². The van der Waals surface area contributed by atoms with Gasteiger partial charge in [-0.3, -0.25) is 14.4 Å². The van der Waals surface area contributed by atoms with E-state index in [-0.39, 0.29) is 23.2 Å². The number of carbonyl (C=O) groups excluding carboxylic acids is 4. The second-order valence-corrected chi connectivity index (χ2v) is 6.88. The zero-order valence-corrected chi connectivity index (χ0v) is 16.1. The van der Waals surface area contributed by atoms with Gasteiger partial charge in [-0.2, -0.15) is 0 Å². The monoisotopic (exact) mass is 382 g/mol. The van der Waals surface area contributed by atoms with Crippen LogP contribution in [0, 0.1) is 13.8 Å². The van der Waals surface area contributed by atoms with Crippen molar-refractivity contribution in [3.05, 3.63) is 52.3 Å². The van der Waals surface area contributed by atoms with Gasteiger partial charge in [0.05, 0.1) is 0 Å². The third-order valence-corrected chi connectivity index (χ3v) is 4.90. The molecule has 28 heavy (non-hydrogen) atoms. The summed E-state index contributed by atoms with van der Waals surface area (Å²) in [5.41, 5.74) is 2.90. The maximum absolute atomic E-state index is 12.3. The summed E-state index contributed by atoms with van der Waals surface area (Å²) in [6.07, 6.45) is 1.37. The number of amides is 1. The van der Waals surface area contributed by atoms with Crippen LogP contribution in [0.4, 0.5) is 5.69 Å². The molecule has 1 aromatic carbocycles. The van der Waals surface area contributed by atoms with Crippen molar-refractivity contribution in [2.45, 2.75) is 33.6 Å². The molecule has 0 atom stereocenters. The lowest BCUT2D eigenvalue weighted by molar-refractivity contribution is -0.117. The van der Waals surface area contributed by atoms with Crippen molar-refractivity contribution in [2.75, 3.05) is 18.1 Å². The third kappa shape index (κ3) is 3.74. The lowest BCUT2D eigenvalue weighted by Crippen LogP contribution is -2.23. The van der Waals surface area contributed by atoms with Crippen LogP contribution in [0.2, 0.25) is 0 Å². The van der Waals surface area contributed by atoms with E-state index in [1.54, 1.807) is 43.0 Å². The van der Waals surface area contributed by atoms with Gasteiger partial charge in [0, 0.05) is 35.5 Å². The van der Waals surface area contributed by atoms with Crippen LogP contribution in [0.5, 0.6) is 0 Å². The summed E-state index contributed by atoms with van der Waals surface area (Å²) in [4.78, 5) is 52.6. The molecule has 1 aromatic heterocycles. The highest BCUT2D eigenvalue weighted by molar-refractivity contribution is 6.03. The SMILES string of the molecule is CC(=O)c1c(C)[nH]c(C(=O)OCC(=O)c2ccc(N3CCCC3=O)cc2)c1C. The number of benzene rings is 1. The molecule has 2 aromatic rings. The first-order valence-electron chi connectivity index (χ1n) is 9.10. The maximum Gasteiger partial charge on any atom is 0.355 e. The molecule has 1 aliphatic heterocycles. The number of nitrogens with zero attached hydrogens (tertiary/aromatic N) is 1. The van der Waals surface area contributed by atoms with Gasteiger partial charge < -0.3 is 14.6 Å². The number of hydrogen-bond donors (Lipinski definition) is 1. The van der Waals surface area contributed by atoms with Gasteiger partial charge in [0.1, 0.15) is 5.69 Å². The normalized spacial score (nSPS) is 13.7. The van der Waals surface area contributed by atoms with Crippen LogP contribution in [0.25, 0.3) is 0 Å². The van der Waals surface area contributed by atoms with Crippen molar-refractivity contribution >= 4 is 29.1 Å². The van der Waals surface area contributed by atoms with Gasteiger partial charge in [0.25, 0.3) is 0 Å². The van der Waals surface area contributed by atoms with E-state index in [0.717, 1.165) is 12.1 Å². The first-order chi connectivity index (χ1) is 13.3. The van der Waals surface area contributed by atoms with Crippen molar-refractivity contribution < 1.29 is 23.9 Å². The van der Waals surface area contributed by atoms with E-state index in [1.165, 1.54) is 6.92 Å². The number of Topliss-reactive ketones (excluding diaryl/α,β-unsaturated/α-hetero) is 2. The van der Waals surface area contributed by atoms with Gasteiger partial charge in [-0.1, -0.05) is 0 Å². The van der Waals surface area contributed by atoms with Crippen molar-refractivity contribution in [1.82, 2.24) is 4.98 Å². The fourth-order valence-electron chi connectivity index (χ4n) is 3.52. The Kier molecular flexibility index (Phi) is 5.44. The van der Waals surface area contributed by atoms with Gasteiger partial charge in [0.15, 0.2) is 18.2 Å². The van der Waals surface area contributed by atoms with Crippen LogP contribution in [0.3, 0.4) is 0 Å². The van der Waals surface area contributed by atoms with Crippen molar-refractivity contribution in [3.8, 4) is 0 Å². The van der Waals surface area contributed by atoms with Gasteiger partial charge in [0.2, 0.25) is 5.91 Å². The lowest BCUT2D eigenvalue weighted by atomic mass is 10.1. The number of hydrogen-bond acceptors (Lipinski definition) is 5. The van der Waals surface area contributed by atoms with Crippen molar-refractivity contribution in [1.29, 1.82) is 0 Å². The molecular weight excluding hydrogens is 360 g/mol. The van der Waals surface area contributed by atoms with Crippen LogP contribution in [0.15, 0.2) is 24.3 Å². The quantitative estimate of drug-likeness (QED) is 0.612. The summed E-state index contributed by atoms with van der Waals surface area (Å²) in [5.74, 6) is -1.09. The summed E-state index contributed by atoms with van der Waals surface area (Å²) in [6.45, 7) is 5.07. The molecule has 0 spiro atoms. The minimum atomic E-state index is -0.680. The highest BCUT2D eigenvalue weighted by atomic mass is 16.5. The number of esters is 1. The van der Waals surface area contributed by atoms with Gasteiger partial charge in [-0.25, -0.2) is 4.79 Å². The van der Waals surface area contributed by atoms with Crippen molar-refractivity contribution in [3.63, 3.8) is 0 Å². The maximum atomic E-state index is 12.3. The molecule has 3 rings (SSSR count). The molecule has 0 bridgehead atoms. The number of aromatic amines is 1. The highest BCUT2D eigenvalue weighted by Gasteiger charge is 2.23. The first kappa shape index (κ1) is 19.5. The highest BCUT2D eigenvalue weighted by Crippen LogP contribution is 2.22. The summed E-state index contributed by atoms with van der Waals surface area (Å²) in [5, 5.41) is 0. The van der Waals surface area contributed by atoms with Gasteiger partial charge in [-0.05, 0) is 57.0 Å². The molecule has 1 N–H and O–H groups in total. The lowest BCUT2D eigenvalue weighted by Gasteiger charge is -2.15. The second-order valence-electron chi connectivity index (χ2n) is 6.88. The molecule has 146 valence electrons. The molecule has 1 aliphatic rings. The van der Waals surface area contributed by atoms with Crippen LogP contribution in [-0.4, -0.2) is 41.6 Å². The van der Waals surface area contributed by atoms with E-state index in [1.807, 2.05) is 0 Å². The molecule has 2 heterocycles. The van der Waals surface area contributed by atoms with E-state index >= 15 is 0 Å². The Hall–Kier alpha value is -3.22.